The summed E-state index contributed by atoms with van der Waals surface area (Å²) in [5.41, 5.74) is 0.0873. The van der Waals surface area contributed by atoms with Gasteiger partial charge in [0.25, 0.3) is 5.88 Å². The highest BCUT2D eigenvalue weighted by molar-refractivity contribution is 6.17. The molecule has 1 aromatic heterocycles. The number of fused-ring (bicyclic) bond motifs is 8. The molecule has 0 bridgehead atoms. The fourth-order valence-electron chi connectivity index (χ4n) is 10.0. The Kier molecular flexibility index (Phi) is 9.13. The summed E-state index contributed by atoms with van der Waals surface area (Å²) in [4.78, 5) is 49.6. The van der Waals surface area contributed by atoms with Gasteiger partial charge in [0.2, 0.25) is 5.78 Å². The standard InChI is InChI=1S/C42H50N4O9/c1-8-46(9-2)34-27-18-24-17-25-30(28(53-40(50)54-41(3,4)5)19-26-32-23(15-16-44(32)6)20-45(7)33(25)26)35(47)29(24)37(48)42(27,51)38(49)31-36(34)55-43-39(31)52-21-22-13-11-10-12-14-22/h10-14,19,23-24,27,32,34,48,51H,8-9,15-18,20-21H2,1-7H3/t23?,24-,27-,32?,34-,42-/m0/s1. The number of carbonyl (C=O) groups excluding carboxylic acids is 3. The summed E-state index contributed by atoms with van der Waals surface area (Å²) in [6.07, 6.45) is 0.546. The minimum absolute atomic E-state index is 0.0316. The third-order valence-corrected chi connectivity index (χ3v) is 12.3. The fourth-order valence-corrected chi connectivity index (χ4v) is 10.0. The summed E-state index contributed by atoms with van der Waals surface area (Å²) >= 11 is 0. The first kappa shape index (κ1) is 37.2. The summed E-state index contributed by atoms with van der Waals surface area (Å²) in [6.45, 7) is 12.0. The van der Waals surface area contributed by atoms with E-state index in [2.05, 4.69) is 26.9 Å². The molecule has 1 saturated heterocycles. The Labute approximate surface area is 320 Å². The first-order valence-corrected chi connectivity index (χ1v) is 19.4. The van der Waals surface area contributed by atoms with Crippen LogP contribution >= 0.6 is 0 Å². The molecule has 0 radical (unpaired) electrons. The van der Waals surface area contributed by atoms with Crippen LogP contribution in [0.5, 0.6) is 11.6 Å². The SMILES string of the molecule is CCN(CC)[C@@H]1c2onc(OCc3ccccc3)c2C(=O)[C@@]2(O)C(O)=C3C(=O)c4c(OC(=O)OC(C)(C)C)cc5c(c4C[C@H]3C[C@@H]12)N(C)CC1CCN(C)C51. The predicted molar refractivity (Wildman–Crippen MR) is 202 cm³/mol. The van der Waals surface area contributed by atoms with Crippen molar-refractivity contribution in [2.24, 2.45) is 17.8 Å². The molecule has 13 heteroatoms. The molecule has 292 valence electrons. The number of Topliss-reactive ketones (excluding diaryl/α,β-unsaturated/α-hetero) is 2. The molecule has 0 spiro atoms. The van der Waals surface area contributed by atoms with Gasteiger partial charge < -0.3 is 33.8 Å². The van der Waals surface area contributed by atoms with Gasteiger partial charge in [-0.2, -0.15) is 0 Å². The van der Waals surface area contributed by atoms with Crippen molar-refractivity contribution in [2.75, 3.05) is 45.2 Å². The summed E-state index contributed by atoms with van der Waals surface area (Å²) in [6, 6.07) is 10.5. The first-order chi connectivity index (χ1) is 26.2. The molecule has 0 saturated carbocycles. The van der Waals surface area contributed by atoms with Gasteiger partial charge in [0, 0.05) is 36.8 Å². The molecule has 0 amide bonds. The molecular weight excluding hydrogens is 704 g/mol. The van der Waals surface area contributed by atoms with Crippen molar-refractivity contribution in [1.82, 2.24) is 15.0 Å². The second-order valence-corrected chi connectivity index (χ2v) is 16.7. The van der Waals surface area contributed by atoms with Gasteiger partial charge in [0.15, 0.2) is 17.1 Å². The average Bonchev–Trinajstić information content (AvgIpc) is 3.73. The molecule has 1 fully saturated rings. The van der Waals surface area contributed by atoms with Gasteiger partial charge in [0.05, 0.1) is 11.6 Å². The van der Waals surface area contributed by atoms with Crippen LogP contribution in [0.3, 0.4) is 0 Å². The fraction of sp³-hybridized carbons (Fsp3) is 0.524. The van der Waals surface area contributed by atoms with Gasteiger partial charge in [-0.1, -0.05) is 44.2 Å². The molecule has 55 heavy (non-hydrogen) atoms. The predicted octanol–water partition coefficient (Wildman–Crippen LogP) is 6.21. The van der Waals surface area contributed by atoms with Gasteiger partial charge in [-0.15, -0.1) is 0 Å². The van der Waals surface area contributed by atoms with Crippen LogP contribution in [0.4, 0.5) is 10.5 Å². The van der Waals surface area contributed by atoms with Crippen molar-refractivity contribution in [3.8, 4) is 11.6 Å². The molecule has 3 heterocycles. The molecule has 8 rings (SSSR count). The molecule has 5 aliphatic rings. The summed E-state index contributed by atoms with van der Waals surface area (Å²) in [5.74, 6) is -3.03. The third kappa shape index (κ3) is 5.85. The second-order valence-electron chi connectivity index (χ2n) is 16.7. The summed E-state index contributed by atoms with van der Waals surface area (Å²) in [7, 11) is 4.11. The normalized spacial score (nSPS) is 27.2. The van der Waals surface area contributed by atoms with E-state index in [9.17, 15) is 19.8 Å². The number of likely N-dealkylation sites (tertiary alicyclic amines) is 1. The second kappa shape index (κ2) is 13.5. The summed E-state index contributed by atoms with van der Waals surface area (Å²) < 4.78 is 23.4. The maximum Gasteiger partial charge on any atom is 0.514 e. The van der Waals surface area contributed by atoms with Crippen molar-refractivity contribution in [2.45, 2.75) is 83.8 Å². The lowest BCUT2D eigenvalue weighted by molar-refractivity contribution is -0.0621. The van der Waals surface area contributed by atoms with Crippen LogP contribution in [0.2, 0.25) is 0 Å². The van der Waals surface area contributed by atoms with Crippen molar-refractivity contribution >= 4 is 23.4 Å². The maximum atomic E-state index is 15.0. The topological polar surface area (TPSA) is 155 Å². The number of aromatic nitrogens is 1. The third-order valence-electron chi connectivity index (χ3n) is 12.3. The van der Waals surface area contributed by atoms with Crippen LogP contribution < -0.4 is 14.4 Å². The van der Waals surface area contributed by atoms with Crippen molar-refractivity contribution < 1.29 is 43.3 Å². The lowest BCUT2D eigenvalue weighted by Gasteiger charge is -2.50. The van der Waals surface area contributed by atoms with Crippen LogP contribution in [0.25, 0.3) is 0 Å². The van der Waals surface area contributed by atoms with E-state index in [1.807, 2.05) is 51.2 Å². The molecule has 13 nitrogen and oxygen atoms in total. The molecular formula is C42H50N4O9. The van der Waals surface area contributed by atoms with E-state index in [1.54, 1.807) is 26.8 Å². The van der Waals surface area contributed by atoms with Crippen molar-refractivity contribution in [1.29, 1.82) is 0 Å². The number of nitrogens with zero attached hydrogens (tertiary/aromatic N) is 4. The Morgan fingerprint density at radius 3 is 2.53 bits per heavy atom. The highest BCUT2D eigenvalue weighted by Gasteiger charge is 2.64. The highest BCUT2D eigenvalue weighted by atomic mass is 16.7. The number of anilines is 1. The van der Waals surface area contributed by atoms with Crippen LogP contribution in [-0.4, -0.2) is 94.4 Å². The quantitative estimate of drug-likeness (QED) is 0.208. The van der Waals surface area contributed by atoms with E-state index in [1.165, 1.54) is 0 Å². The Morgan fingerprint density at radius 1 is 1.11 bits per heavy atom. The first-order valence-electron chi connectivity index (χ1n) is 19.4. The lowest BCUT2D eigenvalue weighted by atomic mass is 9.58. The van der Waals surface area contributed by atoms with Gasteiger partial charge in [-0.3, -0.25) is 19.4 Å². The minimum atomic E-state index is -2.49. The lowest BCUT2D eigenvalue weighted by Crippen LogP contribution is -2.60. The number of aliphatic hydroxyl groups is 2. The van der Waals surface area contributed by atoms with Crippen LogP contribution in [0.1, 0.15) is 103 Å². The van der Waals surface area contributed by atoms with E-state index >= 15 is 4.79 Å². The van der Waals surface area contributed by atoms with Gasteiger partial charge >= 0.3 is 6.16 Å². The van der Waals surface area contributed by atoms with Crippen LogP contribution in [0, 0.1) is 17.8 Å². The zero-order chi connectivity index (χ0) is 39.1. The number of ketones is 2. The smallest absolute Gasteiger partial charge is 0.508 e. The summed E-state index contributed by atoms with van der Waals surface area (Å²) in [5, 5.41) is 29.3. The Morgan fingerprint density at radius 2 is 1.84 bits per heavy atom. The van der Waals surface area contributed by atoms with E-state index in [4.69, 9.17) is 18.7 Å². The van der Waals surface area contributed by atoms with E-state index in [0.717, 1.165) is 36.3 Å². The molecule has 3 aromatic rings. The molecule has 2 aromatic carbocycles. The molecule has 2 aliphatic heterocycles. The zero-order valence-corrected chi connectivity index (χ0v) is 32.5. The number of hydrogen-bond donors (Lipinski definition) is 2. The Bertz CT molecular complexity index is 2080. The monoisotopic (exact) mass is 754 g/mol. The molecule has 6 atom stereocenters. The van der Waals surface area contributed by atoms with Gasteiger partial charge in [-0.05, 0) is 106 Å². The van der Waals surface area contributed by atoms with Crippen molar-refractivity contribution in [3.05, 3.63) is 81.3 Å². The van der Waals surface area contributed by atoms with E-state index in [0.29, 0.717) is 31.0 Å². The zero-order valence-electron chi connectivity index (χ0n) is 32.5. The average molecular weight is 755 g/mol. The Hall–Kier alpha value is -4.72. The van der Waals surface area contributed by atoms with Crippen molar-refractivity contribution in [3.63, 3.8) is 0 Å². The Balaban J connectivity index is 1.27. The van der Waals surface area contributed by atoms with Gasteiger partial charge in [-0.25, -0.2) is 4.79 Å². The number of hydrogen-bond acceptors (Lipinski definition) is 13. The largest absolute Gasteiger partial charge is 0.514 e. The molecule has 2 N–H and O–H groups in total. The number of ether oxygens (including phenoxy) is 3. The highest BCUT2D eigenvalue weighted by Crippen LogP contribution is 2.59. The number of aliphatic hydroxyl groups excluding tert-OH is 1. The number of carbonyl (C=O) groups is 3. The molecule has 3 aliphatic carbocycles. The van der Waals surface area contributed by atoms with E-state index in [-0.39, 0.29) is 53.2 Å². The van der Waals surface area contributed by atoms with Crippen LogP contribution in [-0.2, 0) is 17.8 Å². The van der Waals surface area contributed by atoms with Gasteiger partial charge in [0.1, 0.15) is 29.3 Å². The number of benzene rings is 2. The molecule has 2 unspecified atom stereocenters. The maximum absolute atomic E-state index is 15.0. The number of allylic oxidation sites excluding steroid dienone is 1. The number of rotatable bonds is 7. The van der Waals surface area contributed by atoms with Crippen LogP contribution in [0.15, 0.2) is 52.3 Å². The minimum Gasteiger partial charge on any atom is -0.508 e. The van der Waals surface area contributed by atoms with E-state index < -0.39 is 52.6 Å².